The normalized spacial score (nSPS) is 12.7. The molecule has 6 rings (SSSR count). The molecular formula is C27H18N2O2. The number of ether oxygens (including phenoxy) is 1. The van der Waals surface area contributed by atoms with Crippen LogP contribution in [0.5, 0.6) is 0 Å². The fraction of sp³-hybridized carbons (Fsp3) is 0.0370. The summed E-state index contributed by atoms with van der Waals surface area (Å²) in [5, 5.41) is 0. The number of benzene rings is 2. The van der Waals surface area contributed by atoms with Crippen LogP contribution in [0.2, 0.25) is 0 Å². The number of hydrogen-bond donors (Lipinski definition) is 0. The number of carbonyl (C=O) groups excluding carboxylic acids is 1. The second-order valence-corrected chi connectivity index (χ2v) is 7.57. The molecule has 1 aliphatic rings. The van der Waals surface area contributed by atoms with Crippen LogP contribution in [0.4, 0.5) is 0 Å². The fourth-order valence-electron chi connectivity index (χ4n) is 4.37. The molecule has 0 saturated carbocycles. The van der Waals surface area contributed by atoms with Gasteiger partial charge in [-0.3, -0.25) is 0 Å². The van der Waals surface area contributed by atoms with Crippen molar-refractivity contribution < 1.29 is 9.53 Å². The Hall–Kier alpha value is -4.18. The topological polar surface area (TPSA) is 43.6 Å². The van der Waals surface area contributed by atoms with E-state index in [0.29, 0.717) is 5.69 Å². The van der Waals surface area contributed by atoms with Gasteiger partial charge in [0.15, 0.2) is 5.69 Å². The molecule has 0 radical (unpaired) electrons. The third kappa shape index (κ3) is 2.76. The van der Waals surface area contributed by atoms with Gasteiger partial charge in [-0.1, -0.05) is 72.8 Å². The van der Waals surface area contributed by atoms with Crippen molar-refractivity contribution >= 4 is 11.5 Å². The van der Waals surface area contributed by atoms with Crippen LogP contribution in [-0.4, -0.2) is 15.4 Å². The molecule has 4 nitrogen and oxygen atoms in total. The molecule has 148 valence electrons. The summed E-state index contributed by atoms with van der Waals surface area (Å²) in [7, 11) is 0. The van der Waals surface area contributed by atoms with Crippen LogP contribution in [-0.2, 0) is 11.3 Å². The molecular weight excluding hydrogens is 384 g/mol. The molecule has 1 aliphatic heterocycles. The van der Waals surface area contributed by atoms with Gasteiger partial charge in [0.25, 0.3) is 0 Å². The van der Waals surface area contributed by atoms with Crippen molar-refractivity contribution in [3.05, 3.63) is 108 Å². The summed E-state index contributed by atoms with van der Waals surface area (Å²) in [4.78, 5) is 17.0. The number of pyridine rings is 2. The quantitative estimate of drug-likeness (QED) is 0.347. The Balaban J connectivity index is 1.75. The zero-order valence-electron chi connectivity index (χ0n) is 16.7. The van der Waals surface area contributed by atoms with Crippen LogP contribution in [0.15, 0.2) is 97.2 Å². The smallest absolute Gasteiger partial charge is 0.357 e. The van der Waals surface area contributed by atoms with Crippen molar-refractivity contribution in [2.45, 2.75) is 6.61 Å². The van der Waals surface area contributed by atoms with Crippen molar-refractivity contribution in [1.29, 1.82) is 0 Å². The molecule has 31 heavy (non-hydrogen) atoms. The Morgan fingerprint density at radius 3 is 2.16 bits per heavy atom. The molecule has 4 heterocycles. The summed E-state index contributed by atoms with van der Waals surface area (Å²) in [6, 6.07) is 30.9. The number of fused-ring (bicyclic) bond motifs is 2. The molecule has 0 saturated heterocycles. The van der Waals surface area contributed by atoms with Gasteiger partial charge < -0.3 is 9.14 Å². The first-order chi connectivity index (χ1) is 15.3. The Morgan fingerprint density at radius 1 is 0.742 bits per heavy atom. The zero-order chi connectivity index (χ0) is 20.8. The maximum atomic E-state index is 12.2. The summed E-state index contributed by atoms with van der Waals surface area (Å²) in [5.74, 6) is -0.359. The van der Waals surface area contributed by atoms with Crippen molar-refractivity contribution in [3.8, 4) is 33.6 Å². The minimum atomic E-state index is -0.359. The molecule has 0 aliphatic carbocycles. The highest BCUT2D eigenvalue weighted by Gasteiger charge is 2.27. The Morgan fingerprint density at radius 2 is 1.42 bits per heavy atom. The highest BCUT2D eigenvalue weighted by atomic mass is 16.5. The second kappa shape index (κ2) is 6.96. The van der Waals surface area contributed by atoms with Gasteiger partial charge in [0.2, 0.25) is 0 Å². The highest BCUT2D eigenvalue weighted by molar-refractivity contribution is 6.02. The molecule has 0 amide bonds. The Labute approximate surface area is 179 Å². The van der Waals surface area contributed by atoms with E-state index in [9.17, 15) is 4.79 Å². The van der Waals surface area contributed by atoms with Crippen LogP contribution < -0.4 is 0 Å². The van der Waals surface area contributed by atoms with E-state index in [0.717, 1.165) is 44.7 Å². The number of nitrogens with zero attached hydrogens (tertiary/aromatic N) is 2. The van der Waals surface area contributed by atoms with Crippen LogP contribution in [0, 0.1) is 0 Å². The van der Waals surface area contributed by atoms with Crippen molar-refractivity contribution in [3.63, 3.8) is 0 Å². The monoisotopic (exact) mass is 402 g/mol. The summed E-state index contributed by atoms with van der Waals surface area (Å²) in [6.45, 7) is 0.289. The summed E-state index contributed by atoms with van der Waals surface area (Å²) in [5.41, 5.74) is 8.52. The first-order valence-corrected chi connectivity index (χ1v) is 10.2. The molecule has 0 spiro atoms. The number of rotatable bonds is 3. The minimum Gasteiger partial charge on any atom is -0.456 e. The standard InChI is InChI=1S/C27H18N2O2/c30-27-25-20(17-31-27)14-15-21(28-25)26-24(19-11-5-2-6-12-19)23(18-9-3-1-4-10-18)22-13-7-8-16-29(22)26/h1-16H,17H2. The fourth-order valence-corrected chi connectivity index (χ4v) is 4.37. The third-order valence-electron chi connectivity index (χ3n) is 5.74. The lowest BCUT2D eigenvalue weighted by Gasteiger charge is -2.09. The molecule has 2 aromatic carbocycles. The molecule has 0 atom stereocenters. The number of cyclic esters (lactones) is 1. The molecule has 0 fully saturated rings. The lowest BCUT2D eigenvalue weighted by atomic mass is 9.94. The van der Waals surface area contributed by atoms with Crippen molar-refractivity contribution in [1.82, 2.24) is 9.38 Å². The van der Waals surface area contributed by atoms with E-state index in [1.807, 2.05) is 48.5 Å². The molecule has 0 N–H and O–H groups in total. The maximum absolute atomic E-state index is 12.2. The number of aromatic nitrogens is 2. The molecule has 3 aromatic heterocycles. The largest absolute Gasteiger partial charge is 0.456 e. The van der Waals surface area contributed by atoms with Gasteiger partial charge in [0.1, 0.15) is 6.61 Å². The Kier molecular flexibility index (Phi) is 3.96. The number of esters is 1. The minimum absolute atomic E-state index is 0.289. The van der Waals surface area contributed by atoms with Gasteiger partial charge in [-0.2, -0.15) is 0 Å². The van der Waals surface area contributed by atoms with Crippen LogP contribution >= 0.6 is 0 Å². The van der Waals surface area contributed by atoms with Gasteiger partial charge >= 0.3 is 5.97 Å². The van der Waals surface area contributed by atoms with Gasteiger partial charge in [0.05, 0.1) is 16.9 Å². The number of hydrogen-bond acceptors (Lipinski definition) is 3. The van der Waals surface area contributed by atoms with Crippen LogP contribution in [0.1, 0.15) is 16.1 Å². The molecule has 5 aromatic rings. The third-order valence-corrected chi connectivity index (χ3v) is 5.74. The maximum Gasteiger partial charge on any atom is 0.357 e. The van der Waals surface area contributed by atoms with Crippen LogP contribution in [0.3, 0.4) is 0 Å². The van der Waals surface area contributed by atoms with E-state index in [2.05, 4.69) is 53.1 Å². The lowest BCUT2D eigenvalue weighted by Crippen LogP contribution is -2.00. The Bertz CT molecular complexity index is 1440. The van der Waals surface area contributed by atoms with E-state index in [1.54, 1.807) is 0 Å². The van der Waals surface area contributed by atoms with E-state index in [1.165, 1.54) is 0 Å². The van der Waals surface area contributed by atoms with E-state index in [-0.39, 0.29) is 12.6 Å². The SMILES string of the molecule is O=C1OCc2ccc(-c3c(-c4ccccc4)c(-c4ccccc4)c4ccccn34)nc21. The first-order valence-electron chi connectivity index (χ1n) is 10.2. The summed E-state index contributed by atoms with van der Waals surface area (Å²) in [6.07, 6.45) is 2.05. The van der Waals surface area contributed by atoms with Gasteiger partial charge in [-0.25, -0.2) is 9.78 Å². The van der Waals surface area contributed by atoms with Gasteiger partial charge in [0, 0.05) is 22.9 Å². The van der Waals surface area contributed by atoms with E-state index < -0.39 is 0 Å². The average molecular weight is 402 g/mol. The predicted molar refractivity (Wildman–Crippen MR) is 121 cm³/mol. The highest BCUT2D eigenvalue weighted by Crippen LogP contribution is 2.44. The summed E-state index contributed by atoms with van der Waals surface area (Å²) >= 11 is 0. The molecule has 4 heteroatoms. The van der Waals surface area contributed by atoms with E-state index in [4.69, 9.17) is 9.72 Å². The van der Waals surface area contributed by atoms with Gasteiger partial charge in [-0.15, -0.1) is 0 Å². The van der Waals surface area contributed by atoms with Crippen molar-refractivity contribution in [2.24, 2.45) is 0 Å². The second-order valence-electron chi connectivity index (χ2n) is 7.57. The van der Waals surface area contributed by atoms with Crippen LogP contribution in [0.25, 0.3) is 39.2 Å². The zero-order valence-corrected chi connectivity index (χ0v) is 16.7. The summed E-state index contributed by atoms with van der Waals surface area (Å²) < 4.78 is 7.35. The molecule has 0 bridgehead atoms. The predicted octanol–water partition coefficient (Wildman–Crippen LogP) is 6.01. The van der Waals surface area contributed by atoms with Gasteiger partial charge in [-0.05, 0) is 29.3 Å². The lowest BCUT2D eigenvalue weighted by molar-refractivity contribution is 0.0531. The molecule has 0 unspecified atom stereocenters. The number of carbonyl (C=O) groups is 1. The average Bonchev–Trinajstić information content (AvgIpc) is 3.38. The van der Waals surface area contributed by atoms with Crippen molar-refractivity contribution in [2.75, 3.05) is 0 Å². The van der Waals surface area contributed by atoms with E-state index >= 15 is 0 Å². The first kappa shape index (κ1) is 17.7.